The molecule has 0 unspecified atom stereocenters. The fraction of sp³-hybridized carbons (Fsp3) is 0.333. The average Bonchev–Trinajstić information content (AvgIpc) is 2.86. The molecule has 0 spiro atoms. The molecule has 1 aliphatic heterocycles. The van der Waals surface area contributed by atoms with Crippen molar-refractivity contribution in [3.63, 3.8) is 0 Å². The molecule has 0 aromatic heterocycles. The van der Waals surface area contributed by atoms with Crippen LogP contribution in [-0.2, 0) is 30.2 Å². The summed E-state index contributed by atoms with van der Waals surface area (Å²) in [6.45, 7) is 3.82. The number of carbonyl (C=O) groups is 2. The molecule has 0 bridgehead atoms. The van der Waals surface area contributed by atoms with Crippen molar-refractivity contribution in [3.05, 3.63) is 98.4 Å². The van der Waals surface area contributed by atoms with Crippen LogP contribution in [0.25, 0.3) is 0 Å². The zero-order valence-corrected chi connectivity index (χ0v) is 20.6. The summed E-state index contributed by atoms with van der Waals surface area (Å²) in [6.07, 6.45) is 1.37. The summed E-state index contributed by atoms with van der Waals surface area (Å²) in [4.78, 5) is 37.3. The van der Waals surface area contributed by atoms with E-state index in [1.807, 2.05) is 30.3 Å². The Labute approximate surface area is 209 Å². The molecule has 0 fully saturated rings. The second-order valence-corrected chi connectivity index (χ2v) is 8.34. The maximum absolute atomic E-state index is 13.3. The Kier molecular flexibility index (Phi) is 9.35. The summed E-state index contributed by atoms with van der Waals surface area (Å²) >= 11 is 0. The average molecular weight is 495 g/mol. The predicted molar refractivity (Wildman–Crippen MR) is 133 cm³/mol. The van der Waals surface area contributed by atoms with E-state index >= 15 is 0 Å². The van der Waals surface area contributed by atoms with Gasteiger partial charge in [-0.05, 0) is 37.8 Å². The molecule has 2 aromatic rings. The van der Waals surface area contributed by atoms with E-state index in [9.17, 15) is 19.7 Å². The highest BCUT2D eigenvalue weighted by molar-refractivity contribution is 6.00. The van der Waals surface area contributed by atoms with E-state index in [0.717, 1.165) is 12.0 Å². The number of nitrogens with zero attached hydrogens (tertiary/aromatic N) is 1. The summed E-state index contributed by atoms with van der Waals surface area (Å²) in [5.41, 5.74) is 2.80. The number of allylic oxidation sites excluding steroid dienone is 2. The van der Waals surface area contributed by atoms with Gasteiger partial charge in [-0.15, -0.1) is 0 Å². The molecule has 1 heterocycles. The maximum Gasteiger partial charge on any atom is 0.336 e. The molecule has 1 atom stereocenters. The van der Waals surface area contributed by atoms with Crippen LogP contribution < -0.4 is 5.32 Å². The summed E-state index contributed by atoms with van der Waals surface area (Å²) < 4.78 is 15.9. The molecule has 0 saturated carbocycles. The molecule has 9 nitrogen and oxygen atoms in total. The minimum atomic E-state index is -0.900. The highest BCUT2D eigenvalue weighted by atomic mass is 16.6. The fourth-order valence-corrected chi connectivity index (χ4v) is 4.15. The highest BCUT2D eigenvalue weighted by Crippen LogP contribution is 2.40. The Balaban J connectivity index is 1.89. The van der Waals surface area contributed by atoms with Crippen molar-refractivity contribution in [3.8, 4) is 0 Å². The number of non-ortho nitro benzene ring substituents is 1. The quantitative estimate of drug-likeness (QED) is 0.214. The van der Waals surface area contributed by atoms with E-state index in [0.29, 0.717) is 23.4 Å². The molecular formula is C27H30N2O7. The van der Waals surface area contributed by atoms with Crippen LogP contribution in [0.4, 0.5) is 5.69 Å². The van der Waals surface area contributed by atoms with Crippen LogP contribution in [0.3, 0.4) is 0 Å². The number of carbonyl (C=O) groups excluding carboxylic acids is 2. The molecule has 1 N–H and O–H groups in total. The molecule has 36 heavy (non-hydrogen) atoms. The molecular weight excluding hydrogens is 464 g/mol. The summed E-state index contributed by atoms with van der Waals surface area (Å²) in [6, 6.07) is 15.8. The van der Waals surface area contributed by atoms with Crippen LogP contribution in [0.1, 0.15) is 37.3 Å². The fourth-order valence-electron chi connectivity index (χ4n) is 4.15. The number of ether oxygens (including phenoxy) is 3. The highest BCUT2D eigenvalue weighted by Gasteiger charge is 2.38. The lowest BCUT2D eigenvalue weighted by Crippen LogP contribution is -2.33. The van der Waals surface area contributed by atoms with Crippen molar-refractivity contribution in [1.29, 1.82) is 0 Å². The monoisotopic (exact) mass is 494 g/mol. The van der Waals surface area contributed by atoms with Crippen molar-refractivity contribution in [2.45, 2.75) is 32.6 Å². The number of nitro groups is 1. The lowest BCUT2D eigenvalue weighted by Gasteiger charge is -2.30. The van der Waals surface area contributed by atoms with Gasteiger partial charge in [0.25, 0.3) is 5.69 Å². The third-order valence-corrected chi connectivity index (χ3v) is 5.82. The van der Waals surface area contributed by atoms with Gasteiger partial charge >= 0.3 is 11.9 Å². The number of nitro benzene ring substituents is 1. The lowest BCUT2D eigenvalue weighted by molar-refractivity contribution is -0.384. The number of esters is 2. The van der Waals surface area contributed by atoms with Gasteiger partial charge in [-0.2, -0.15) is 0 Å². The van der Waals surface area contributed by atoms with Gasteiger partial charge in [0.2, 0.25) is 0 Å². The van der Waals surface area contributed by atoms with Gasteiger partial charge < -0.3 is 19.5 Å². The third kappa shape index (κ3) is 6.57. The van der Waals surface area contributed by atoms with Gasteiger partial charge in [0, 0.05) is 30.6 Å². The molecule has 0 amide bonds. The van der Waals surface area contributed by atoms with Crippen LogP contribution in [-0.4, -0.2) is 43.8 Å². The van der Waals surface area contributed by atoms with Crippen molar-refractivity contribution in [1.82, 2.24) is 5.32 Å². The van der Waals surface area contributed by atoms with Crippen molar-refractivity contribution in [2.75, 3.05) is 26.9 Å². The molecule has 0 radical (unpaired) electrons. The molecule has 0 saturated heterocycles. The van der Waals surface area contributed by atoms with E-state index in [-0.39, 0.29) is 36.7 Å². The van der Waals surface area contributed by atoms with E-state index in [1.165, 1.54) is 25.3 Å². The Morgan fingerprint density at radius 1 is 0.917 bits per heavy atom. The van der Waals surface area contributed by atoms with Crippen LogP contribution in [0, 0.1) is 10.1 Å². The molecule has 0 aliphatic carbocycles. The first-order chi connectivity index (χ1) is 17.3. The smallest absolute Gasteiger partial charge is 0.336 e. The van der Waals surface area contributed by atoms with Crippen LogP contribution in [0.5, 0.6) is 0 Å². The first kappa shape index (κ1) is 26.6. The SMILES string of the molecule is COCCOC(=O)C1=C(C)NC(C)=C(C(=O)OCCCc2ccccc2)[C@H]1c1cccc([N+](=O)[O-])c1. The van der Waals surface area contributed by atoms with Crippen molar-refractivity contribution < 1.29 is 28.7 Å². The van der Waals surface area contributed by atoms with E-state index in [2.05, 4.69) is 5.32 Å². The van der Waals surface area contributed by atoms with Crippen LogP contribution in [0.15, 0.2) is 77.1 Å². The van der Waals surface area contributed by atoms with Gasteiger partial charge in [0.05, 0.1) is 35.2 Å². The Morgan fingerprint density at radius 2 is 1.56 bits per heavy atom. The molecule has 3 rings (SSSR count). The normalized spacial score (nSPS) is 15.4. The van der Waals surface area contributed by atoms with Gasteiger partial charge in [-0.25, -0.2) is 9.59 Å². The van der Waals surface area contributed by atoms with Gasteiger partial charge in [-0.3, -0.25) is 10.1 Å². The number of methoxy groups -OCH3 is 1. The standard InChI is InChI=1S/C27H30N2O7/c1-18-23(26(30)35-14-8-11-20-9-5-4-6-10-20)25(21-12-7-13-22(17-21)29(32)33)24(19(2)28-18)27(31)36-16-15-34-3/h4-7,9-10,12-13,17,25,28H,8,11,14-16H2,1-3H3/t25-/m1/s1. The number of rotatable bonds is 11. The molecule has 9 heteroatoms. The number of aryl methyl sites for hydroxylation is 1. The second kappa shape index (κ2) is 12.6. The minimum absolute atomic E-state index is 0.0235. The summed E-state index contributed by atoms with van der Waals surface area (Å²) in [7, 11) is 1.49. The Hall–Kier alpha value is -3.98. The number of benzene rings is 2. The van der Waals surface area contributed by atoms with Gasteiger partial charge in [0.15, 0.2) is 0 Å². The van der Waals surface area contributed by atoms with Gasteiger partial charge in [-0.1, -0.05) is 42.5 Å². The van der Waals surface area contributed by atoms with Crippen LogP contribution in [0.2, 0.25) is 0 Å². The number of nitrogens with one attached hydrogen (secondary N) is 1. The zero-order chi connectivity index (χ0) is 26.1. The van der Waals surface area contributed by atoms with E-state index in [4.69, 9.17) is 14.2 Å². The Morgan fingerprint density at radius 3 is 2.17 bits per heavy atom. The first-order valence-corrected chi connectivity index (χ1v) is 11.6. The Bertz CT molecular complexity index is 1170. The third-order valence-electron chi connectivity index (χ3n) is 5.82. The molecule has 2 aromatic carbocycles. The van der Waals surface area contributed by atoms with Gasteiger partial charge in [0.1, 0.15) is 6.61 Å². The van der Waals surface area contributed by atoms with E-state index in [1.54, 1.807) is 19.9 Å². The largest absolute Gasteiger partial charge is 0.462 e. The second-order valence-electron chi connectivity index (χ2n) is 8.34. The van der Waals surface area contributed by atoms with Crippen molar-refractivity contribution >= 4 is 17.6 Å². The molecule has 1 aliphatic rings. The summed E-state index contributed by atoms with van der Waals surface area (Å²) in [5.74, 6) is -2.14. The minimum Gasteiger partial charge on any atom is -0.462 e. The van der Waals surface area contributed by atoms with Crippen LogP contribution >= 0.6 is 0 Å². The zero-order valence-electron chi connectivity index (χ0n) is 20.6. The van der Waals surface area contributed by atoms with E-state index < -0.39 is 22.8 Å². The number of hydrogen-bond donors (Lipinski definition) is 1. The van der Waals surface area contributed by atoms with Crippen molar-refractivity contribution in [2.24, 2.45) is 0 Å². The number of dihydropyridines is 1. The molecule has 190 valence electrons. The maximum atomic E-state index is 13.3. The predicted octanol–water partition coefficient (Wildman–Crippen LogP) is 4.20. The first-order valence-electron chi connectivity index (χ1n) is 11.6. The topological polar surface area (TPSA) is 117 Å². The summed E-state index contributed by atoms with van der Waals surface area (Å²) in [5, 5.41) is 14.5. The number of hydrogen-bond acceptors (Lipinski definition) is 8. The lowest BCUT2D eigenvalue weighted by atomic mass is 9.80.